The molecule has 3 N–H and O–H groups in total. The first-order chi connectivity index (χ1) is 24.5. The van der Waals surface area contributed by atoms with Crippen molar-refractivity contribution in [1.82, 2.24) is 15.5 Å². The highest BCUT2D eigenvalue weighted by Crippen LogP contribution is 2.42. The molecule has 2 aliphatic rings. The van der Waals surface area contributed by atoms with Gasteiger partial charge in [0.05, 0.1) is 25.4 Å². The summed E-state index contributed by atoms with van der Waals surface area (Å²) in [6.45, 7) is 11.1. The minimum atomic E-state index is -0.662. The number of carbonyl (C=O) groups is 3. The number of carbonyl (C=O) groups excluding carboxylic acids is 3. The molecule has 0 radical (unpaired) electrons. The van der Waals surface area contributed by atoms with Crippen LogP contribution in [-0.4, -0.2) is 72.0 Å². The summed E-state index contributed by atoms with van der Waals surface area (Å²) < 4.78 is 24.0. The molecule has 0 saturated carbocycles. The largest absolute Gasteiger partial charge is 0.465 e. The van der Waals surface area contributed by atoms with Gasteiger partial charge in [0.15, 0.2) is 6.29 Å². The second-order valence-electron chi connectivity index (χ2n) is 14.1. The molecule has 5 atom stereocenters. The van der Waals surface area contributed by atoms with Crippen molar-refractivity contribution in [3.05, 3.63) is 95.1 Å². The molecule has 2 heterocycles. The molecule has 274 valence electrons. The highest BCUT2D eigenvalue weighted by molar-refractivity contribution is 5.81. The summed E-state index contributed by atoms with van der Waals surface area (Å²) in [5, 5.41) is 15.0. The summed E-state index contributed by atoms with van der Waals surface area (Å²) in [7, 11) is 0. The van der Waals surface area contributed by atoms with E-state index < -0.39 is 23.9 Å². The molecule has 11 nitrogen and oxygen atoms in total. The summed E-state index contributed by atoms with van der Waals surface area (Å²) in [6.07, 6.45) is 0.471. The molecule has 5 rings (SSSR count). The van der Waals surface area contributed by atoms with Gasteiger partial charge in [0, 0.05) is 24.6 Å². The first-order valence-corrected chi connectivity index (χ1v) is 17.8. The fraction of sp³-hybridized carbons (Fsp3) is 0.475. The molecular formula is C40H51N3O8. The zero-order valence-corrected chi connectivity index (χ0v) is 30.2. The van der Waals surface area contributed by atoms with E-state index in [4.69, 9.17) is 18.9 Å². The number of esters is 2. The van der Waals surface area contributed by atoms with Gasteiger partial charge in [0.2, 0.25) is 0 Å². The Labute approximate surface area is 300 Å². The zero-order valence-electron chi connectivity index (χ0n) is 30.2. The molecule has 51 heavy (non-hydrogen) atoms. The minimum absolute atomic E-state index is 0.0331. The molecule has 11 heteroatoms. The van der Waals surface area contributed by atoms with Crippen LogP contribution < -0.4 is 10.6 Å². The quantitative estimate of drug-likeness (QED) is 0.200. The fourth-order valence-electron chi connectivity index (χ4n) is 6.62. The van der Waals surface area contributed by atoms with Gasteiger partial charge in [0.25, 0.3) is 0 Å². The van der Waals surface area contributed by atoms with Gasteiger partial charge in [-0.3, -0.25) is 14.5 Å². The number of aliphatic hydroxyl groups excluding tert-OH is 1. The second kappa shape index (κ2) is 17.3. The van der Waals surface area contributed by atoms with Crippen LogP contribution in [0.1, 0.15) is 82.1 Å². The number of hydrogen-bond donors (Lipinski definition) is 3. The summed E-state index contributed by atoms with van der Waals surface area (Å²) in [5.74, 6) is -0.725. The number of amides is 2. The number of benzene rings is 3. The van der Waals surface area contributed by atoms with E-state index in [1.54, 1.807) is 6.92 Å². The number of nitrogens with zero attached hydrogens (tertiary/aromatic N) is 1. The van der Waals surface area contributed by atoms with Gasteiger partial charge < -0.3 is 34.7 Å². The van der Waals surface area contributed by atoms with Gasteiger partial charge in [-0.25, -0.2) is 4.79 Å². The van der Waals surface area contributed by atoms with Gasteiger partial charge in [-0.15, -0.1) is 0 Å². The SMILES string of the molecule is CCOC(=O)CNC(=O)NCc1ccccc1-c1ccc([C@@H]2O[C@H](CN3CCC[C@H]3C(=O)OC(C)(C)C)[C@H](C)[C@H](c3ccc(CO)cc3)O2)cc1. The number of rotatable bonds is 12. The van der Waals surface area contributed by atoms with Crippen LogP contribution in [0.2, 0.25) is 0 Å². The van der Waals surface area contributed by atoms with Gasteiger partial charge in [-0.05, 0) is 74.9 Å². The maximum Gasteiger partial charge on any atom is 0.325 e. The zero-order chi connectivity index (χ0) is 36.5. The third-order valence-electron chi connectivity index (χ3n) is 9.23. The minimum Gasteiger partial charge on any atom is -0.465 e. The lowest BCUT2D eigenvalue weighted by atomic mass is 9.89. The molecule has 2 amide bonds. The van der Waals surface area contributed by atoms with Crippen molar-refractivity contribution in [2.75, 3.05) is 26.2 Å². The van der Waals surface area contributed by atoms with Crippen LogP contribution in [0.5, 0.6) is 0 Å². The molecular weight excluding hydrogens is 650 g/mol. The average molecular weight is 702 g/mol. The van der Waals surface area contributed by atoms with Crippen LogP contribution in [0.4, 0.5) is 4.79 Å². The van der Waals surface area contributed by atoms with E-state index in [0.29, 0.717) is 6.54 Å². The smallest absolute Gasteiger partial charge is 0.325 e. The lowest BCUT2D eigenvalue weighted by Gasteiger charge is -2.43. The topological polar surface area (TPSA) is 136 Å². The van der Waals surface area contributed by atoms with Crippen LogP contribution in [0, 0.1) is 5.92 Å². The Hall–Kier alpha value is -4.29. The lowest BCUT2D eigenvalue weighted by molar-refractivity contribution is -0.276. The number of urea groups is 1. The molecule has 0 spiro atoms. The predicted molar refractivity (Wildman–Crippen MR) is 192 cm³/mol. The van der Waals surface area contributed by atoms with Crippen LogP contribution in [0.25, 0.3) is 11.1 Å². The van der Waals surface area contributed by atoms with Crippen LogP contribution >= 0.6 is 0 Å². The molecule has 0 aromatic heterocycles. The van der Waals surface area contributed by atoms with Gasteiger partial charge in [-0.1, -0.05) is 79.7 Å². The van der Waals surface area contributed by atoms with Crippen LogP contribution in [0.15, 0.2) is 72.8 Å². The monoisotopic (exact) mass is 701 g/mol. The Morgan fingerprint density at radius 3 is 2.33 bits per heavy atom. The Morgan fingerprint density at radius 1 is 0.941 bits per heavy atom. The van der Waals surface area contributed by atoms with Crippen molar-refractivity contribution in [3.63, 3.8) is 0 Å². The molecule has 2 fully saturated rings. The normalized spacial score (nSPS) is 22.3. The van der Waals surface area contributed by atoms with Gasteiger partial charge in [0.1, 0.15) is 18.2 Å². The summed E-state index contributed by atoms with van der Waals surface area (Å²) in [5.41, 5.74) is 4.93. The van der Waals surface area contributed by atoms with Crippen molar-refractivity contribution in [2.24, 2.45) is 5.92 Å². The maximum absolute atomic E-state index is 13.2. The van der Waals surface area contributed by atoms with Crippen molar-refractivity contribution in [1.29, 1.82) is 0 Å². The number of hydrogen-bond acceptors (Lipinski definition) is 9. The predicted octanol–water partition coefficient (Wildman–Crippen LogP) is 5.81. The first kappa shape index (κ1) is 38.0. The third kappa shape index (κ3) is 10.2. The van der Waals surface area contributed by atoms with E-state index >= 15 is 0 Å². The Balaban J connectivity index is 1.33. The van der Waals surface area contributed by atoms with Crippen molar-refractivity contribution in [3.8, 4) is 11.1 Å². The summed E-state index contributed by atoms with van der Waals surface area (Å²) >= 11 is 0. The van der Waals surface area contributed by atoms with E-state index in [0.717, 1.165) is 52.8 Å². The molecule has 2 aliphatic heterocycles. The van der Waals surface area contributed by atoms with Gasteiger partial charge in [-0.2, -0.15) is 0 Å². The summed E-state index contributed by atoms with van der Waals surface area (Å²) in [4.78, 5) is 39.3. The molecule has 3 aromatic carbocycles. The highest BCUT2D eigenvalue weighted by Gasteiger charge is 2.42. The lowest BCUT2D eigenvalue weighted by Crippen LogP contribution is -2.48. The molecule has 0 bridgehead atoms. The van der Waals surface area contributed by atoms with Crippen molar-refractivity contribution < 1.29 is 38.4 Å². The molecule has 0 aliphatic carbocycles. The first-order valence-electron chi connectivity index (χ1n) is 17.8. The number of likely N-dealkylation sites (tertiary alicyclic amines) is 1. The van der Waals surface area contributed by atoms with E-state index in [2.05, 4.69) is 22.5 Å². The van der Waals surface area contributed by atoms with Gasteiger partial charge >= 0.3 is 18.0 Å². The Morgan fingerprint density at radius 2 is 1.65 bits per heavy atom. The number of nitrogens with one attached hydrogen (secondary N) is 2. The maximum atomic E-state index is 13.2. The van der Waals surface area contributed by atoms with Crippen LogP contribution in [-0.2, 0) is 41.7 Å². The Kier molecular flexibility index (Phi) is 12.9. The highest BCUT2D eigenvalue weighted by atomic mass is 16.7. The van der Waals surface area contributed by atoms with Crippen molar-refractivity contribution >= 4 is 18.0 Å². The van der Waals surface area contributed by atoms with Crippen LogP contribution in [0.3, 0.4) is 0 Å². The van der Waals surface area contributed by atoms with E-state index in [-0.39, 0.29) is 56.4 Å². The number of aliphatic hydroxyl groups is 1. The average Bonchev–Trinajstić information content (AvgIpc) is 3.59. The second-order valence-corrected chi connectivity index (χ2v) is 14.1. The molecule has 3 aromatic rings. The van der Waals surface area contributed by atoms with E-state index in [9.17, 15) is 19.5 Å². The van der Waals surface area contributed by atoms with Crippen molar-refractivity contribution in [2.45, 2.75) is 90.8 Å². The molecule has 0 unspecified atom stereocenters. The fourth-order valence-corrected chi connectivity index (χ4v) is 6.62. The third-order valence-corrected chi connectivity index (χ3v) is 9.23. The standard InChI is InChI=1S/C40H51N3O8/c1-6-48-35(45)23-42-39(47)41-22-31-10-7-8-11-32(31)28-17-19-30(20-18-28)38-49-34(24-43-21-9-12-33(43)37(46)51-40(3,4)5)26(2)36(50-38)29-15-13-27(25-44)14-16-29/h7-8,10-11,13-20,26,33-34,36,38,44H,6,9,12,21-25H2,1-5H3,(H2,41,42,47)/t26-,33-,34+,36+,38+/m0/s1. The number of ether oxygens (including phenoxy) is 4. The van der Waals surface area contributed by atoms with E-state index in [1.165, 1.54) is 0 Å². The summed E-state index contributed by atoms with van der Waals surface area (Å²) in [6, 6.07) is 22.9. The van der Waals surface area contributed by atoms with E-state index in [1.807, 2.05) is 93.6 Å². The molecule has 2 saturated heterocycles. The Bertz CT molecular complexity index is 1620.